The maximum Gasteiger partial charge on any atom is 0.277 e. The normalized spacial score (nSPS) is 16.6. The number of halogens is 3. The van der Waals surface area contributed by atoms with Gasteiger partial charge in [-0.2, -0.15) is 5.10 Å². The van der Waals surface area contributed by atoms with Crippen LogP contribution in [0.25, 0.3) is 11.1 Å². The second kappa shape index (κ2) is 7.07. The molecule has 1 aliphatic heterocycles. The first-order valence-electron chi connectivity index (χ1n) is 8.33. The minimum Gasteiger partial charge on any atom is -0.304 e. The molecule has 3 heterocycles. The SMILES string of the molecule is Cc1cc(-c2cnn3c2C(=O)N(c2cc(Cl)c(Cl)cc2I)C[C@@H]3C)ccn1. The van der Waals surface area contributed by atoms with Crippen LogP contribution in [0.2, 0.25) is 10.0 Å². The first-order valence-corrected chi connectivity index (χ1v) is 10.2. The van der Waals surface area contributed by atoms with Crippen LogP contribution in [-0.4, -0.2) is 27.2 Å². The molecule has 0 saturated carbocycles. The number of aryl methyl sites for hydroxylation is 1. The highest BCUT2D eigenvalue weighted by atomic mass is 127. The Labute approximate surface area is 180 Å². The zero-order chi connectivity index (χ0) is 19.3. The van der Waals surface area contributed by atoms with Crippen LogP contribution in [0.1, 0.15) is 29.1 Å². The molecule has 4 rings (SSSR count). The molecule has 1 aliphatic rings. The van der Waals surface area contributed by atoms with E-state index >= 15 is 0 Å². The fourth-order valence-corrected chi connectivity index (χ4v) is 4.58. The number of fused-ring (bicyclic) bond motifs is 1. The van der Waals surface area contributed by atoms with Gasteiger partial charge in [-0.15, -0.1) is 0 Å². The Morgan fingerprint density at radius 3 is 2.70 bits per heavy atom. The number of carbonyl (C=O) groups excluding carboxylic acids is 1. The molecule has 0 saturated heterocycles. The van der Waals surface area contributed by atoms with Crippen LogP contribution in [0.15, 0.2) is 36.7 Å². The Hall–Kier alpha value is -1.64. The number of pyridine rings is 1. The Balaban J connectivity index is 1.84. The molecule has 2 aromatic heterocycles. The number of hydrogen-bond donors (Lipinski definition) is 0. The first-order chi connectivity index (χ1) is 12.9. The predicted molar refractivity (Wildman–Crippen MR) is 116 cm³/mol. The largest absolute Gasteiger partial charge is 0.304 e. The summed E-state index contributed by atoms with van der Waals surface area (Å²) in [7, 11) is 0. The molecule has 1 amide bonds. The number of aromatic nitrogens is 3. The molecule has 138 valence electrons. The van der Waals surface area contributed by atoms with Gasteiger partial charge in [0.1, 0.15) is 5.69 Å². The van der Waals surface area contributed by atoms with Gasteiger partial charge in [0.05, 0.1) is 28.0 Å². The Kier molecular flexibility index (Phi) is 4.90. The third-order valence-electron chi connectivity index (χ3n) is 4.60. The molecule has 0 N–H and O–H groups in total. The Morgan fingerprint density at radius 1 is 1.22 bits per heavy atom. The number of carbonyl (C=O) groups is 1. The van der Waals surface area contributed by atoms with Gasteiger partial charge in [-0.3, -0.25) is 14.5 Å². The van der Waals surface area contributed by atoms with Gasteiger partial charge in [0.15, 0.2) is 0 Å². The minimum atomic E-state index is -0.105. The van der Waals surface area contributed by atoms with Gasteiger partial charge in [0.25, 0.3) is 5.91 Å². The standard InChI is InChI=1S/C19H15Cl2IN4O/c1-10-5-12(3-4-23-10)13-8-24-26-11(2)9-25(19(27)18(13)26)17-7-15(21)14(20)6-16(17)22/h3-8,11H,9H2,1-2H3/t11-/m0/s1. The van der Waals surface area contributed by atoms with Crippen molar-refractivity contribution in [2.45, 2.75) is 19.9 Å². The molecule has 0 aliphatic carbocycles. The van der Waals surface area contributed by atoms with Gasteiger partial charge in [0, 0.05) is 27.6 Å². The summed E-state index contributed by atoms with van der Waals surface area (Å²) in [6.45, 7) is 4.48. The highest BCUT2D eigenvalue weighted by Gasteiger charge is 2.34. The first kappa shape index (κ1) is 18.7. The molecule has 0 unspecified atom stereocenters. The van der Waals surface area contributed by atoms with E-state index in [0.717, 1.165) is 26.1 Å². The lowest BCUT2D eigenvalue weighted by molar-refractivity contribution is 0.0954. The van der Waals surface area contributed by atoms with Crippen LogP contribution in [0, 0.1) is 10.5 Å². The summed E-state index contributed by atoms with van der Waals surface area (Å²) in [6, 6.07) is 7.40. The average Bonchev–Trinajstić information content (AvgIpc) is 3.07. The van der Waals surface area contributed by atoms with Crippen molar-refractivity contribution in [3.8, 4) is 11.1 Å². The van der Waals surface area contributed by atoms with Crippen molar-refractivity contribution >= 4 is 57.4 Å². The van der Waals surface area contributed by atoms with Gasteiger partial charge in [-0.25, -0.2) is 0 Å². The van der Waals surface area contributed by atoms with Crippen molar-refractivity contribution in [3.05, 3.63) is 61.7 Å². The lowest BCUT2D eigenvalue weighted by Crippen LogP contribution is -2.43. The number of rotatable bonds is 2. The molecule has 8 heteroatoms. The minimum absolute atomic E-state index is 0.0274. The fourth-order valence-electron chi connectivity index (χ4n) is 3.31. The highest BCUT2D eigenvalue weighted by molar-refractivity contribution is 14.1. The van der Waals surface area contributed by atoms with E-state index in [1.807, 2.05) is 26.0 Å². The predicted octanol–water partition coefficient (Wildman–Crippen LogP) is 5.39. The molecule has 1 aromatic carbocycles. The van der Waals surface area contributed by atoms with Crippen LogP contribution < -0.4 is 4.90 Å². The summed E-state index contributed by atoms with van der Waals surface area (Å²) < 4.78 is 2.67. The molecule has 1 atom stereocenters. The van der Waals surface area contributed by atoms with E-state index in [2.05, 4.69) is 32.7 Å². The molecule has 5 nitrogen and oxygen atoms in total. The zero-order valence-electron chi connectivity index (χ0n) is 14.6. The summed E-state index contributed by atoms with van der Waals surface area (Å²) in [5, 5.41) is 5.38. The number of amides is 1. The topological polar surface area (TPSA) is 51.0 Å². The van der Waals surface area contributed by atoms with Crippen molar-refractivity contribution in [3.63, 3.8) is 0 Å². The van der Waals surface area contributed by atoms with E-state index in [0.29, 0.717) is 22.3 Å². The van der Waals surface area contributed by atoms with Crippen LogP contribution >= 0.6 is 45.8 Å². The summed E-state index contributed by atoms with van der Waals surface area (Å²) >= 11 is 14.5. The summed E-state index contributed by atoms with van der Waals surface area (Å²) in [5.74, 6) is -0.105. The van der Waals surface area contributed by atoms with Gasteiger partial charge in [-0.1, -0.05) is 23.2 Å². The van der Waals surface area contributed by atoms with Crippen molar-refractivity contribution in [2.75, 3.05) is 11.4 Å². The number of nitrogens with zero attached hydrogens (tertiary/aromatic N) is 4. The number of hydrogen-bond acceptors (Lipinski definition) is 3. The highest BCUT2D eigenvalue weighted by Crippen LogP contribution is 2.37. The lowest BCUT2D eigenvalue weighted by Gasteiger charge is -2.33. The van der Waals surface area contributed by atoms with Crippen LogP contribution in [0.4, 0.5) is 5.69 Å². The smallest absolute Gasteiger partial charge is 0.277 e. The quantitative estimate of drug-likeness (QED) is 0.342. The van der Waals surface area contributed by atoms with Crippen LogP contribution in [-0.2, 0) is 0 Å². The second-order valence-electron chi connectivity index (χ2n) is 6.52. The molecule has 0 spiro atoms. The fraction of sp³-hybridized carbons (Fsp3) is 0.211. The third-order valence-corrected chi connectivity index (χ3v) is 6.18. The van der Waals surface area contributed by atoms with Crippen molar-refractivity contribution < 1.29 is 4.79 Å². The van der Waals surface area contributed by atoms with Crippen molar-refractivity contribution in [1.29, 1.82) is 0 Å². The number of benzene rings is 1. The van der Waals surface area contributed by atoms with Gasteiger partial charge in [-0.05, 0) is 66.3 Å². The average molecular weight is 513 g/mol. The van der Waals surface area contributed by atoms with E-state index in [1.165, 1.54) is 0 Å². The van der Waals surface area contributed by atoms with E-state index in [4.69, 9.17) is 23.2 Å². The third kappa shape index (κ3) is 3.23. The Bertz CT molecular complexity index is 1070. The maximum absolute atomic E-state index is 13.4. The molecular formula is C19H15Cl2IN4O. The van der Waals surface area contributed by atoms with Gasteiger partial charge < -0.3 is 4.90 Å². The zero-order valence-corrected chi connectivity index (χ0v) is 18.2. The monoisotopic (exact) mass is 512 g/mol. The van der Waals surface area contributed by atoms with E-state index in [-0.39, 0.29) is 11.9 Å². The van der Waals surface area contributed by atoms with E-state index < -0.39 is 0 Å². The summed E-state index contributed by atoms with van der Waals surface area (Å²) in [4.78, 5) is 19.4. The van der Waals surface area contributed by atoms with Crippen molar-refractivity contribution in [1.82, 2.24) is 14.8 Å². The summed E-state index contributed by atoms with van der Waals surface area (Å²) in [6.07, 6.45) is 3.49. The van der Waals surface area contributed by atoms with Crippen molar-refractivity contribution in [2.24, 2.45) is 0 Å². The molecule has 0 bridgehead atoms. The van der Waals surface area contributed by atoms with Gasteiger partial charge >= 0.3 is 0 Å². The van der Waals surface area contributed by atoms with Crippen LogP contribution in [0.3, 0.4) is 0 Å². The molecule has 27 heavy (non-hydrogen) atoms. The second-order valence-corrected chi connectivity index (χ2v) is 8.50. The maximum atomic E-state index is 13.4. The lowest BCUT2D eigenvalue weighted by atomic mass is 10.0. The Morgan fingerprint density at radius 2 is 1.96 bits per heavy atom. The van der Waals surface area contributed by atoms with E-state index in [9.17, 15) is 4.79 Å². The number of anilines is 1. The van der Waals surface area contributed by atoms with Crippen LogP contribution in [0.5, 0.6) is 0 Å². The molecule has 0 fully saturated rings. The molecular weight excluding hydrogens is 498 g/mol. The molecule has 0 radical (unpaired) electrons. The van der Waals surface area contributed by atoms with Gasteiger partial charge in [0.2, 0.25) is 0 Å². The van der Waals surface area contributed by atoms with E-state index in [1.54, 1.807) is 34.1 Å². The summed E-state index contributed by atoms with van der Waals surface area (Å²) in [5.41, 5.74) is 3.94. The molecule has 3 aromatic rings.